The van der Waals surface area contributed by atoms with Crippen LogP contribution in [0.2, 0.25) is 0 Å². The largest absolute Gasteiger partial charge is 0.320 e. The van der Waals surface area contributed by atoms with E-state index in [2.05, 4.69) is 20.7 Å². The lowest BCUT2D eigenvalue weighted by atomic mass is 10.1. The smallest absolute Gasteiger partial charge is 0.277 e. The number of aromatic nitrogens is 3. The number of imide groups is 1. The summed E-state index contributed by atoms with van der Waals surface area (Å²) in [5, 5.41) is 12.3. The van der Waals surface area contributed by atoms with Gasteiger partial charge in [-0.2, -0.15) is 15.4 Å². The molecule has 8 nitrogen and oxygen atoms in total. The number of carbonyl (C=O) groups excluding carboxylic acids is 3. The molecule has 2 aromatic carbocycles. The molecule has 3 aromatic rings. The van der Waals surface area contributed by atoms with Crippen molar-refractivity contribution >= 4 is 29.1 Å². The molecule has 0 aliphatic carbocycles. The fourth-order valence-electron chi connectivity index (χ4n) is 2.65. The van der Waals surface area contributed by atoms with Gasteiger partial charge in [-0.1, -0.05) is 18.2 Å². The number of hydrogen-bond donors (Lipinski definition) is 2. The highest BCUT2D eigenvalue weighted by molar-refractivity contribution is 6.34. The van der Waals surface area contributed by atoms with E-state index < -0.39 is 5.91 Å². The molecule has 25 heavy (non-hydrogen) atoms. The predicted molar refractivity (Wildman–Crippen MR) is 88.4 cm³/mol. The number of nitrogens with one attached hydrogen (secondary N) is 2. The first-order chi connectivity index (χ1) is 12.1. The number of rotatable bonds is 3. The molecule has 0 saturated carbocycles. The van der Waals surface area contributed by atoms with Gasteiger partial charge in [-0.15, -0.1) is 0 Å². The van der Waals surface area contributed by atoms with E-state index in [0.717, 1.165) is 4.90 Å². The minimum absolute atomic E-state index is 0.131. The van der Waals surface area contributed by atoms with Crippen molar-refractivity contribution < 1.29 is 14.4 Å². The van der Waals surface area contributed by atoms with Crippen molar-refractivity contribution in [1.29, 1.82) is 0 Å². The second-order valence-corrected chi connectivity index (χ2v) is 5.35. The zero-order valence-electron chi connectivity index (χ0n) is 12.8. The van der Waals surface area contributed by atoms with Crippen LogP contribution < -0.4 is 10.2 Å². The Bertz CT molecular complexity index is 962. The minimum atomic E-state index is -0.451. The summed E-state index contributed by atoms with van der Waals surface area (Å²) in [4.78, 5) is 38.2. The number of anilines is 2. The topological polar surface area (TPSA) is 108 Å². The van der Waals surface area contributed by atoms with Gasteiger partial charge in [-0.05, 0) is 30.3 Å². The zero-order chi connectivity index (χ0) is 17.4. The van der Waals surface area contributed by atoms with Crippen molar-refractivity contribution in [3.63, 3.8) is 0 Å². The molecule has 1 aliphatic heterocycles. The molecule has 0 fully saturated rings. The van der Waals surface area contributed by atoms with Gasteiger partial charge in [0, 0.05) is 5.69 Å². The lowest BCUT2D eigenvalue weighted by Gasteiger charge is -2.15. The highest BCUT2D eigenvalue weighted by Crippen LogP contribution is 2.29. The summed E-state index contributed by atoms with van der Waals surface area (Å²) in [5.74, 6) is -1.23. The summed E-state index contributed by atoms with van der Waals surface area (Å²) < 4.78 is 0. The molecule has 3 amide bonds. The molecule has 2 heterocycles. The standard InChI is InChI=1S/C17H11N5O3/c23-15(14-9-18-21-20-14)19-10-4-3-5-11(8-10)22-16(24)12-6-1-2-7-13(12)17(22)25/h1-9H,(H,19,23)(H,18,20,21). The van der Waals surface area contributed by atoms with E-state index in [4.69, 9.17) is 0 Å². The molecule has 122 valence electrons. The molecular weight excluding hydrogens is 322 g/mol. The van der Waals surface area contributed by atoms with Gasteiger partial charge in [-0.3, -0.25) is 14.4 Å². The van der Waals surface area contributed by atoms with Gasteiger partial charge < -0.3 is 5.32 Å². The van der Waals surface area contributed by atoms with Gasteiger partial charge >= 0.3 is 0 Å². The first-order valence-corrected chi connectivity index (χ1v) is 7.40. The van der Waals surface area contributed by atoms with Crippen LogP contribution in [0.1, 0.15) is 31.2 Å². The minimum Gasteiger partial charge on any atom is -0.320 e. The summed E-state index contributed by atoms with van der Waals surface area (Å²) in [6.07, 6.45) is 1.29. The van der Waals surface area contributed by atoms with Gasteiger partial charge in [0.15, 0.2) is 5.69 Å². The molecule has 0 bridgehead atoms. The van der Waals surface area contributed by atoms with E-state index >= 15 is 0 Å². The third-order valence-electron chi connectivity index (χ3n) is 3.80. The lowest BCUT2D eigenvalue weighted by molar-refractivity contribution is 0.0925. The molecule has 0 unspecified atom stereocenters. The SMILES string of the molecule is O=C(Nc1cccc(N2C(=O)c3ccccc3C2=O)c1)c1cn[nH]n1. The van der Waals surface area contributed by atoms with Crippen LogP contribution in [-0.2, 0) is 0 Å². The average molecular weight is 333 g/mol. The van der Waals surface area contributed by atoms with E-state index in [1.165, 1.54) is 6.20 Å². The molecule has 0 atom stereocenters. The quantitative estimate of drug-likeness (QED) is 0.711. The van der Waals surface area contributed by atoms with Gasteiger partial charge in [0.2, 0.25) is 0 Å². The Morgan fingerprint density at radius 2 is 1.72 bits per heavy atom. The van der Waals surface area contributed by atoms with Crippen LogP contribution >= 0.6 is 0 Å². The van der Waals surface area contributed by atoms with Gasteiger partial charge in [0.1, 0.15) is 0 Å². The van der Waals surface area contributed by atoms with Gasteiger partial charge in [-0.25, -0.2) is 4.90 Å². The maximum absolute atomic E-state index is 12.5. The second kappa shape index (κ2) is 5.68. The Kier molecular flexibility index (Phi) is 3.35. The van der Waals surface area contributed by atoms with Crippen LogP contribution in [0.4, 0.5) is 11.4 Å². The summed E-state index contributed by atoms with van der Waals surface area (Å²) in [6.45, 7) is 0. The van der Waals surface area contributed by atoms with Gasteiger partial charge in [0.05, 0.1) is 23.0 Å². The Labute approximate surface area is 141 Å². The van der Waals surface area contributed by atoms with Crippen molar-refractivity contribution in [2.75, 3.05) is 10.2 Å². The number of amides is 3. The van der Waals surface area contributed by atoms with E-state index in [1.54, 1.807) is 48.5 Å². The van der Waals surface area contributed by atoms with E-state index in [1.807, 2.05) is 0 Å². The van der Waals surface area contributed by atoms with Gasteiger partial charge in [0.25, 0.3) is 17.7 Å². The lowest BCUT2D eigenvalue weighted by Crippen LogP contribution is -2.29. The molecule has 1 aliphatic rings. The summed E-state index contributed by atoms with van der Waals surface area (Å²) >= 11 is 0. The third kappa shape index (κ3) is 2.45. The number of fused-ring (bicyclic) bond motifs is 1. The summed E-state index contributed by atoms with van der Waals surface area (Å²) in [5.41, 5.74) is 1.67. The Morgan fingerprint density at radius 3 is 2.36 bits per heavy atom. The maximum atomic E-state index is 12.5. The van der Waals surface area contributed by atoms with Crippen LogP contribution in [-0.4, -0.2) is 33.1 Å². The van der Waals surface area contributed by atoms with Crippen LogP contribution in [0, 0.1) is 0 Å². The fourth-order valence-corrected chi connectivity index (χ4v) is 2.65. The van der Waals surface area contributed by atoms with E-state index in [-0.39, 0.29) is 17.5 Å². The van der Waals surface area contributed by atoms with Crippen LogP contribution in [0.3, 0.4) is 0 Å². The number of H-pyrrole nitrogens is 1. The number of carbonyl (C=O) groups is 3. The normalized spacial score (nSPS) is 13.0. The number of nitrogens with zero attached hydrogens (tertiary/aromatic N) is 3. The second-order valence-electron chi connectivity index (χ2n) is 5.35. The summed E-state index contributed by atoms with van der Waals surface area (Å²) in [7, 11) is 0. The first-order valence-electron chi connectivity index (χ1n) is 7.40. The van der Waals surface area contributed by atoms with Crippen LogP contribution in [0.15, 0.2) is 54.7 Å². The average Bonchev–Trinajstić information content (AvgIpc) is 3.24. The van der Waals surface area contributed by atoms with Crippen LogP contribution in [0.5, 0.6) is 0 Å². The molecule has 0 saturated heterocycles. The third-order valence-corrected chi connectivity index (χ3v) is 3.80. The summed E-state index contributed by atoms with van der Waals surface area (Å²) in [6, 6.07) is 13.1. The maximum Gasteiger partial charge on any atom is 0.277 e. The van der Waals surface area contributed by atoms with E-state index in [9.17, 15) is 14.4 Å². The number of aromatic amines is 1. The molecule has 1 aromatic heterocycles. The van der Waals surface area contributed by atoms with Crippen molar-refractivity contribution in [1.82, 2.24) is 15.4 Å². The van der Waals surface area contributed by atoms with Crippen molar-refractivity contribution in [2.45, 2.75) is 0 Å². The highest BCUT2D eigenvalue weighted by atomic mass is 16.2. The Hall–Kier alpha value is -3.81. The van der Waals surface area contributed by atoms with Crippen molar-refractivity contribution in [3.05, 3.63) is 71.5 Å². The molecule has 8 heteroatoms. The van der Waals surface area contributed by atoms with E-state index in [0.29, 0.717) is 22.5 Å². The first kappa shape index (κ1) is 14.8. The molecule has 4 rings (SSSR count). The highest BCUT2D eigenvalue weighted by Gasteiger charge is 2.36. The fraction of sp³-hybridized carbons (Fsp3) is 0. The predicted octanol–water partition coefficient (Wildman–Crippen LogP) is 1.86. The zero-order valence-corrected chi connectivity index (χ0v) is 12.8. The van der Waals surface area contributed by atoms with Crippen LogP contribution in [0.25, 0.3) is 0 Å². The number of hydrogen-bond acceptors (Lipinski definition) is 5. The Morgan fingerprint density at radius 1 is 1.00 bits per heavy atom. The Balaban J connectivity index is 1.63. The molecular formula is C17H11N5O3. The van der Waals surface area contributed by atoms with Crippen molar-refractivity contribution in [2.24, 2.45) is 0 Å². The molecule has 0 spiro atoms. The molecule has 2 N–H and O–H groups in total. The monoisotopic (exact) mass is 333 g/mol. The number of benzene rings is 2. The van der Waals surface area contributed by atoms with Crippen molar-refractivity contribution in [3.8, 4) is 0 Å². The molecule has 0 radical (unpaired) electrons.